The van der Waals surface area contributed by atoms with Gasteiger partial charge in [-0.1, -0.05) is 84.0 Å². The minimum absolute atomic E-state index is 0. The van der Waals surface area contributed by atoms with Gasteiger partial charge in [0.15, 0.2) is 5.94 Å². The van der Waals surface area contributed by atoms with Crippen LogP contribution >= 0.6 is 0 Å². The van der Waals surface area contributed by atoms with Gasteiger partial charge in [0.1, 0.15) is 27.8 Å². The van der Waals surface area contributed by atoms with Crippen molar-refractivity contribution in [1.82, 2.24) is 0 Å². The van der Waals surface area contributed by atoms with Crippen molar-refractivity contribution >= 4 is 74.2 Å². The molecule has 1 unspecified atom stereocenters. The standard InChI is InChI=1S/C17H13N3O7S2.C16H13N3O4S.Cr.Na/c18-29(25,26)9-5-6-13(21)12(7-9)19-20-14-15(22)10-3-1-2-4-11(10)16-17(14)28(23,24)8-27-16;17-24(22,23)11-6-8-14(20)13(9-11)18-19-16-12-4-2-1-3-10(12)5-7-15(16)21;;/h1-7,21-22H,8H2,(H2,18,25,26);1-9,20-21H,(H2,17,22,23);;/q;;+3;+1/p-4. The molecule has 1 aliphatic rings. The summed E-state index contributed by atoms with van der Waals surface area (Å²) in [5.74, 6) is -2.76. The van der Waals surface area contributed by atoms with E-state index < -0.39 is 74.2 Å². The number of sulfone groups is 1. The van der Waals surface area contributed by atoms with E-state index in [1.807, 2.05) is 12.1 Å². The van der Waals surface area contributed by atoms with E-state index in [2.05, 4.69) is 20.5 Å². The third kappa shape index (κ3) is 9.08. The summed E-state index contributed by atoms with van der Waals surface area (Å²) in [7, 11) is -12.3. The number of benzene rings is 6. The molecular weight excluding hydrogens is 828 g/mol. The van der Waals surface area contributed by atoms with E-state index in [9.17, 15) is 46.0 Å². The van der Waals surface area contributed by atoms with Gasteiger partial charge >= 0.3 is 46.9 Å². The van der Waals surface area contributed by atoms with Gasteiger partial charge in [0.2, 0.25) is 19.9 Å². The number of nitrogens with two attached hydrogens (primary N) is 1. The van der Waals surface area contributed by atoms with Crippen LogP contribution < -0.4 is 54.8 Å². The molecule has 6 aromatic rings. The number of aromatic hydroxyl groups is 1. The number of phenolic OH excluding ortho intramolecular Hbond substituents is 1. The smallest absolute Gasteiger partial charge is 0.871 e. The first-order valence-corrected chi connectivity index (χ1v) is 19.4. The normalized spacial score (nSPS) is 14.3. The number of fused-ring (bicyclic) bond motifs is 4. The molecule has 0 saturated heterocycles. The van der Waals surface area contributed by atoms with Gasteiger partial charge < -0.3 is 29.7 Å². The van der Waals surface area contributed by atoms with E-state index in [0.717, 1.165) is 41.8 Å². The summed E-state index contributed by atoms with van der Waals surface area (Å²) >= 11 is 0. The van der Waals surface area contributed by atoms with Gasteiger partial charge in [-0.15, -0.1) is 10.2 Å². The van der Waals surface area contributed by atoms with Crippen molar-refractivity contribution in [1.29, 1.82) is 4.78 Å². The molecule has 0 spiro atoms. The number of azo groups is 2. The molecule has 275 valence electrons. The molecule has 0 saturated carbocycles. The molecule has 1 radical (unpaired) electrons. The minimum Gasteiger partial charge on any atom is -0.871 e. The number of phenols is 1. The summed E-state index contributed by atoms with van der Waals surface area (Å²) < 4.78 is 82.6. The Morgan fingerprint density at radius 2 is 1.25 bits per heavy atom. The first-order valence-electron chi connectivity index (χ1n) is 14.8. The summed E-state index contributed by atoms with van der Waals surface area (Å²) in [6.07, 6.45) is 0. The van der Waals surface area contributed by atoms with Crippen LogP contribution in [0.15, 0.2) is 132 Å². The van der Waals surface area contributed by atoms with Crippen molar-refractivity contribution in [2.24, 2.45) is 25.6 Å². The molecule has 1 heterocycles. The predicted octanol–water partition coefficient (Wildman–Crippen LogP) is 1.75. The number of rotatable bonds is 6. The van der Waals surface area contributed by atoms with E-state index in [0.29, 0.717) is 10.8 Å². The number of sulfonamides is 1. The molecule has 6 aromatic carbocycles. The second-order valence-electron chi connectivity index (χ2n) is 11.1. The Hall–Kier alpha value is -4.66. The van der Waals surface area contributed by atoms with Crippen LogP contribution in [-0.4, -0.2) is 36.6 Å². The number of ether oxygens (including phenoxy) is 1. The second kappa shape index (κ2) is 16.6. The molecule has 55 heavy (non-hydrogen) atoms. The van der Waals surface area contributed by atoms with Crippen molar-refractivity contribution in [2.75, 3.05) is 5.94 Å². The van der Waals surface area contributed by atoms with Gasteiger partial charge in [-0.25, -0.2) is 22.0 Å². The van der Waals surface area contributed by atoms with Crippen LogP contribution in [0.25, 0.3) is 21.5 Å². The average molecular weight is 850 g/mol. The quantitative estimate of drug-likeness (QED) is 0.160. The Kier molecular flexibility index (Phi) is 13.0. The predicted molar refractivity (Wildman–Crippen MR) is 183 cm³/mol. The summed E-state index contributed by atoms with van der Waals surface area (Å²) in [6, 6.07) is 22.5. The van der Waals surface area contributed by atoms with Gasteiger partial charge in [-0.05, 0) is 41.1 Å². The van der Waals surface area contributed by atoms with E-state index in [1.54, 1.807) is 30.3 Å². The molecule has 17 nitrogen and oxygen atoms in total. The summed E-state index contributed by atoms with van der Waals surface area (Å²) in [6.45, 7) is 0. The monoisotopic (exact) mass is 849 g/mol. The van der Waals surface area contributed by atoms with Crippen LogP contribution in [0.3, 0.4) is 0 Å². The van der Waals surface area contributed by atoms with Crippen molar-refractivity contribution in [2.45, 2.75) is 14.7 Å². The third-order valence-electron chi connectivity index (χ3n) is 7.62. The first-order chi connectivity index (χ1) is 25.0. The molecule has 22 heteroatoms. The average Bonchev–Trinajstić information content (AvgIpc) is 3.43. The topological polar surface area (TPSA) is 306 Å². The second-order valence-corrected chi connectivity index (χ2v) is 16.0. The molecule has 1 aliphatic heterocycles. The Bertz CT molecular complexity index is 2880. The molecule has 0 aliphatic carbocycles. The fraction of sp³-hybridized carbons (Fsp3) is 0.0303. The number of nitrogens with one attached hydrogen (secondary N) is 1. The summed E-state index contributed by atoms with van der Waals surface area (Å²) in [4.78, 5) is -1.16. The SMILES string of the molecule is N=S(=O)([O-])c1ccc([O-])c(N=Nc2c3c(c4ccccc4c2[O-])OCS3(=O)=O)c1.NS(=O)(=O)c1ccc([O-])c(N=Nc2c(O)ccc3ccccc23)c1.[Cr+3].[Na+]. The Morgan fingerprint density at radius 3 is 1.85 bits per heavy atom. The summed E-state index contributed by atoms with van der Waals surface area (Å²) in [5, 5.41) is 68.6. The maximum absolute atomic E-state index is 12.8. The number of primary sulfonamides is 1. The van der Waals surface area contributed by atoms with Crippen LogP contribution in [0, 0.1) is 4.78 Å². The Balaban J connectivity index is 0.000000240. The molecule has 7 rings (SSSR count). The molecule has 1 atom stereocenters. The molecule has 0 bridgehead atoms. The largest absolute Gasteiger partial charge is 3.00 e. The summed E-state index contributed by atoms with van der Waals surface area (Å²) in [5.41, 5.74) is -0.993. The molecule has 0 fully saturated rings. The Morgan fingerprint density at radius 1 is 0.727 bits per heavy atom. The maximum Gasteiger partial charge on any atom is 3.00 e. The van der Waals surface area contributed by atoms with E-state index in [4.69, 9.17) is 14.7 Å². The van der Waals surface area contributed by atoms with Crippen LogP contribution in [0.4, 0.5) is 22.7 Å². The zero-order chi connectivity index (χ0) is 38.3. The number of hydrogen-bond acceptors (Lipinski definition) is 16. The van der Waals surface area contributed by atoms with Crippen LogP contribution in [0.2, 0.25) is 0 Å². The van der Waals surface area contributed by atoms with Crippen molar-refractivity contribution in [3.63, 3.8) is 0 Å². The van der Waals surface area contributed by atoms with Gasteiger partial charge in [0.05, 0.1) is 16.3 Å². The minimum atomic E-state index is -4.36. The molecule has 0 aromatic heterocycles. The van der Waals surface area contributed by atoms with Crippen LogP contribution in [-0.2, 0) is 47.2 Å². The zero-order valence-electron chi connectivity index (χ0n) is 28.0. The van der Waals surface area contributed by atoms with E-state index in [-0.39, 0.29) is 80.1 Å². The fourth-order valence-corrected chi connectivity index (χ4v) is 7.43. The van der Waals surface area contributed by atoms with E-state index >= 15 is 0 Å². The van der Waals surface area contributed by atoms with Crippen molar-refractivity contribution in [3.05, 3.63) is 97.1 Å². The van der Waals surface area contributed by atoms with Gasteiger partial charge in [-0.2, -0.15) is 10.2 Å². The number of hydrogen-bond donors (Lipinski definition) is 3. The fourth-order valence-electron chi connectivity index (χ4n) is 5.11. The van der Waals surface area contributed by atoms with Gasteiger partial charge in [-0.3, -0.25) is 8.99 Å². The van der Waals surface area contributed by atoms with E-state index in [1.165, 1.54) is 18.2 Å². The van der Waals surface area contributed by atoms with Crippen molar-refractivity contribution in [3.8, 4) is 28.7 Å². The first kappa shape index (κ1) is 43.1. The molecule has 0 amide bonds. The zero-order valence-corrected chi connectivity index (χ0v) is 33.7. The van der Waals surface area contributed by atoms with Gasteiger partial charge in [0.25, 0.3) is 0 Å². The van der Waals surface area contributed by atoms with Crippen LogP contribution in [0.5, 0.6) is 28.7 Å². The maximum atomic E-state index is 12.8. The Labute approximate surface area is 346 Å². The third-order valence-corrected chi connectivity index (χ3v) is 10.8. The van der Waals surface area contributed by atoms with Crippen LogP contribution in [0.1, 0.15) is 0 Å². The number of nitrogens with zero attached hydrogens (tertiary/aromatic N) is 4. The van der Waals surface area contributed by atoms with Gasteiger partial charge in [0, 0.05) is 25.7 Å². The molecular formula is C33H22CrN6NaO11S3. The molecule has 4 N–H and O–H groups in total. The van der Waals surface area contributed by atoms with Crippen molar-refractivity contribution < 1.29 is 97.7 Å².